The maximum Gasteiger partial charge on any atom is 0.306 e. The van der Waals surface area contributed by atoms with Gasteiger partial charge < -0.3 is 14.2 Å². The van der Waals surface area contributed by atoms with Crippen LogP contribution in [0.1, 0.15) is 278 Å². The fraction of sp³-hybridized carbons (Fsp3) is 0.648. The fourth-order valence-electron chi connectivity index (χ4n) is 8.39. The van der Waals surface area contributed by atoms with Gasteiger partial charge in [0.25, 0.3) is 0 Å². The van der Waals surface area contributed by atoms with Crippen molar-refractivity contribution in [2.45, 2.75) is 284 Å². The molecule has 0 radical (unpaired) electrons. The van der Waals surface area contributed by atoms with E-state index in [0.29, 0.717) is 25.7 Å². The molecule has 0 saturated carbocycles. The molecule has 0 saturated heterocycles. The zero-order chi connectivity index (χ0) is 55.7. The van der Waals surface area contributed by atoms with E-state index >= 15 is 0 Å². The highest BCUT2D eigenvalue weighted by molar-refractivity contribution is 5.71. The van der Waals surface area contributed by atoms with E-state index in [-0.39, 0.29) is 31.1 Å². The van der Waals surface area contributed by atoms with E-state index in [4.69, 9.17) is 14.2 Å². The first-order valence-corrected chi connectivity index (χ1v) is 31.7. The predicted octanol–water partition coefficient (Wildman–Crippen LogP) is 21.8. The van der Waals surface area contributed by atoms with Crippen molar-refractivity contribution < 1.29 is 28.6 Å². The summed E-state index contributed by atoms with van der Waals surface area (Å²) in [4.78, 5) is 38.2. The van der Waals surface area contributed by atoms with Crippen molar-refractivity contribution in [2.24, 2.45) is 0 Å². The molecule has 1 unspecified atom stereocenters. The molecule has 0 amide bonds. The van der Waals surface area contributed by atoms with Crippen molar-refractivity contribution in [3.05, 3.63) is 134 Å². The fourth-order valence-corrected chi connectivity index (χ4v) is 8.39. The zero-order valence-corrected chi connectivity index (χ0v) is 49.9. The van der Waals surface area contributed by atoms with Crippen LogP contribution in [0.25, 0.3) is 0 Å². The second-order valence-electron chi connectivity index (χ2n) is 20.6. The van der Waals surface area contributed by atoms with Crippen LogP contribution in [0.2, 0.25) is 0 Å². The summed E-state index contributed by atoms with van der Waals surface area (Å²) >= 11 is 0. The Kier molecular flexibility index (Phi) is 60.4. The number of allylic oxidation sites excluding steroid dienone is 22. The second-order valence-corrected chi connectivity index (χ2v) is 20.6. The van der Waals surface area contributed by atoms with Crippen LogP contribution in [-0.4, -0.2) is 37.2 Å². The number of rotatable bonds is 56. The minimum Gasteiger partial charge on any atom is -0.462 e. The zero-order valence-electron chi connectivity index (χ0n) is 49.9. The van der Waals surface area contributed by atoms with Crippen LogP contribution in [0.5, 0.6) is 0 Å². The molecule has 0 spiro atoms. The molecule has 1 atom stereocenters. The number of carbonyl (C=O) groups excluding carboxylic acids is 3. The van der Waals surface area contributed by atoms with Gasteiger partial charge in [0.15, 0.2) is 6.10 Å². The Morgan fingerprint density at radius 1 is 0.273 bits per heavy atom. The van der Waals surface area contributed by atoms with Gasteiger partial charge in [0.2, 0.25) is 0 Å². The van der Waals surface area contributed by atoms with E-state index in [1.54, 1.807) is 0 Å². The Hall–Kier alpha value is -4.45. The Bertz CT molecular complexity index is 1650. The number of esters is 3. The molecule has 0 aliphatic rings. The molecule has 6 nitrogen and oxygen atoms in total. The average molecular weight is 1070 g/mol. The molecule has 77 heavy (non-hydrogen) atoms. The quantitative estimate of drug-likeness (QED) is 0.0261. The monoisotopic (exact) mass is 1060 g/mol. The summed E-state index contributed by atoms with van der Waals surface area (Å²) in [6, 6.07) is 0. The van der Waals surface area contributed by atoms with Crippen molar-refractivity contribution in [3.8, 4) is 0 Å². The molecule has 0 aliphatic heterocycles. The molecule has 0 aromatic carbocycles. The number of ether oxygens (including phenoxy) is 3. The number of hydrogen-bond donors (Lipinski definition) is 0. The highest BCUT2D eigenvalue weighted by Gasteiger charge is 2.19. The van der Waals surface area contributed by atoms with Gasteiger partial charge in [0.05, 0.1) is 0 Å². The van der Waals surface area contributed by atoms with Gasteiger partial charge >= 0.3 is 17.9 Å². The van der Waals surface area contributed by atoms with Crippen LogP contribution in [0.4, 0.5) is 0 Å². The maximum atomic E-state index is 12.9. The molecule has 0 aromatic rings. The normalized spacial score (nSPS) is 13.0. The van der Waals surface area contributed by atoms with Gasteiger partial charge in [-0.1, -0.05) is 276 Å². The van der Waals surface area contributed by atoms with E-state index in [0.717, 1.165) is 128 Å². The maximum absolute atomic E-state index is 12.9. The second kappa shape index (κ2) is 64.1. The van der Waals surface area contributed by atoms with Gasteiger partial charge in [-0.25, -0.2) is 0 Å². The molecule has 6 heteroatoms. The molecule has 0 aromatic heterocycles. The molecule has 0 rings (SSSR count). The van der Waals surface area contributed by atoms with E-state index in [9.17, 15) is 14.4 Å². The Balaban J connectivity index is 4.33. The standard InChI is InChI=1S/C71H116O6/c1-4-7-10-13-16-19-22-24-26-27-28-29-30-31-32-33-34-35-36-37-38-39-40-41-42-43-45-46-49-52-55-58-61-64-70(73)76-67-68(66-75-69(72)63-60-57-54-51-48-21-18-15-12-9-6-3)77-71(74)65-62-59-56-53-50-47-44-25-23-20-17-14-11-8-5-2/h7,10,15-16,18-19,24,26,28-29,31-32,34-35,37-38,40-41,43,45,49,52,68H,4-6,8-9,11-14,17,20-23,25,27,30,33,36,39,42,44,46-48,50-51,53-67H2,1-3H3/b10-7-,18-15-,19-16-,26-24-,29-28-,32-31-,35-34-,38-37-,41-40-,45-43-,52-49-. The molecule has 436 valence electrons. The molecule has 0 N–H and O–H groups in total. The lowest BCUT2D eigenvalue weighted by Crippen LogP contribution is -2.30. The molecule has 0 bridgehead atoms. The van der Waals surface area contributed by atoms with Crippen LogP contribution in [0.3, 0.4) is 0 Å². The van der Waals surface area contributed by atoms with Gasteiger partial charge in [-0.15, -0.1) is 0 Å². The van der Waals surface area contributed by atoms with Crippen LogP contribution in [0.15, 0.2) is 134 Å². The van der Waals surface area contributed by atoms with Crippen LogP contribution in [0, 0.1) is 0 Å². The minimum absolute atomic E-state index is 0.0970. The predicted molar refractivity (Wildman–Crippen MR) is 334 cm³/mol. The van der Waals surface area contributed by atoms with E-state index < -0.39 is 6.10 Å². The third-order valence-electron chi connectivity index (χ3n) is 13.1. The van der Waals surface area contributed by atoms with Crippen LogP contribution in [-0.2, 0) is 28.6 Å². The van der Waals surface area contributed by atoms with Crippen molar-refractivity contribution in [2.75, 3.05) is 13.2 Å². The van der Waals surface area contributed by atoms with E-state index in [2.05, 4.69) is 154 Å². The molecule has 0 heterocycles. The summed E-state index contributed by atoms with van der Waals surface area (Å²) < 4.78 is 16.8. The average Bonchev–Trinajstić information content (AvgIpc) is 3.43. The van der Waals surface area contributed by atoms with Crippen molar-refractivity contribution >= 4 is 17.9 Å². The van der Waals surface area contributed by atoms with Gasteiger partial charge in [-0.3, -0.25) is 14.4 Å². The van der Waals surface area contributed by atoms with Gasteiger partial charge in [0, 0.05) is 19.3 Å². The van der Waals surface area contributed by atoms with Crippen molar-refractivity contribution in [1.29, 1.82) is 0 Å². The topological polar surface area (TPSA) is 78.9 Å². The molecular formula is C71H116O6. The van der Waals surface area contributed by atoms with E-state index in [1.165, 1.54) is 103 Å². The highest BCUT2D eigenvalue weighted by atomic mass is 16.6. The largest absolute Gasteiger partial charge is 0.462 e. The van der Waals surface area contributed by atoms with Crippen molar-refractivity contribution in [3.63, 3.8) is 0 Å². The number of carbonyl (C=O) groups is 3. The Morgan fingerprint density at radius 3 is 0.870 bits per heavy atom. The smallest absolute Gasteiger partial charge is 0.306 e. The first kappa shape index (κ1) is 72.5. The highest BCUT2D eigenvalue weighted by Crippen LogP contribution is 2.15. The van der Waals surface area contributed by atoms with Gasteiger partial charge in [0.1, 0.15) is 13.2 Å². The summed E-state index contributed by atoms with van der Waals surface area (Å²) in [7, 11) is 0. The summed E-state index contributed by atoms with van der Waals surface area (Å²) in [5.74, 6) is -0.949. The first-order chi connectivity index (χ1) is 38.0. The van der Waals surface area contributed by atoms with Crippen molar-refractivity contribution in [1.82, 2.24) is 0 Å². The molecule has 0 aliphatic carbocycles. The summed E-state index contributed by atoms with van der Waals surface area (Å²) in [5, 5.41) is 0. The lowest BCUT2D eigenvalue weighted by Gasteiger charge is -2.18. The SMILES string of the molecule is CC/C=C\C/C=C\C/C=C\C/C=C\C/C=C\C/C=C\C/C=C\C/C=C\C/C=C\C/C=C\CCCCC(=O)OCC(COC(=O)CCCCCCC/C=C\CCCC)OC(=O)CCCCCCCCCCCCCCCCC. The lowest BCUT2D eigenvalue weighted by molar-refractivity contribution is -0.167. The minimum atomic E-state index is -0.801. The van der Waals surface area contributed by atoms with Crippen LogP contribution < -0.4 is 0 Å². The Labute approximate surface area is 475 Å². The van der Waals surface area contributed by atoms with Gasteiger partial charge in [-0.05, 0) is 116 Å². The third-order valence-corrected chi connectivity index (χ3v) is 13.1. The van der Waals surface area contributed by atoms with Crippen LogP contribution >= 0.6 is 0 Å². The molecular weight excluding hydrogens is 949 g/mol. The van der Waals surface area contributed by atoms with Gasteiger partial charge in [-0.2, -0.15) is 0 Å². The third kappa shape index (κ3) is 62.3. The lowest BCUT2D eigenvalue weighted by atomic mass is 10.0. The number of hydrogen-bond acceptors (Lipinski definition) is 6. The van der Waals surface area contributed by atoms with E-state index in [1.807, 2.05) is 0 Å². The summed E-state index contributed by atoms with van der Waals surface area (Å²) in [6.07, 6.45) is 90.4. The Morgan fingerprint density at radius 2 is 0.519 bits per heavy atom. The molecule has 0 fully saturated rings. The summed E-state index contributed by atoms with van der Waals surface area (Å²) in [6.45, 7) is 6.45. The summed E-state index contributed by atoms with van der Waals surface area (Å²) in [5.41, 5.74) is 0. The number of unbranched alkanes of at least 4 members (excludes halogenated alkanes) is 23. The first-order valence-electron chi connectivity index (χ1n) is 31.7.